The van der Waals surface area contributed by atoms with Crippen molar-refractivity contribution in [2.75, 3.05) is 0 Å². The second-order valence-electron chi connectivity index (χ2n) is 5.89. The van der Waals surface area contributed by atoms with E-state index in [0.29, 0.717) is 11.3 Å². The average molecular weight is 425 g/mol. The van der Waals surface area contributed by atoms with E-state index in [-0.39, 0.29) is 10.2 Å². The SMILES string of the molecule is C=CC(=O)Sc1ccc(OC(=O)C(C)=C(C)c2ccc(SC(=O)C=C)cc2)cc1. The molecule has 0 aliphatic carbocycles. The molecule has 0 atom stereocenters. The van der Waals surface area contributed by atoms with Gasteiger partial charge in [0.25, 0.3) is 0 Å². The highest BCUT2D eigenvalue weighted by Crippen LogP contribution is 2.26. The van der Waals surface area contributed by atoms with E-state index >= 15 is 0 Å². The Hall–Kier alpha value is -2.83. The molecule has 2 rings (SSSR count). The van der Waals surface area contributed by atoms with Gasteiger partial charge in [0.05, 0.1) is 0 Å². The second-order valence-corrected chi connectivity index (χ2v) is 8.04. The fraction of sp³-hybridized carbons (Fsp3) is 0.0870. The summed E-state index contributed by atoms with van der Waals surface area (Å²) in [5, 5.41) is -0.273. The van der Waals surface area contributed by atoms with Crippen molar-refractivity contribution in [3.63, 3.8) is 0 Å². The van der Waals surface area contributed by atoms with Crippen LogP contribution in [0.25, 0.3) is 5.57 Å². The molecule has 0 fully saturated rings. The van der Waals surface area contributed by atoms with Crippen LogP contribution < -0.4 is 4.74 Å². The quantitative estimate of drug-likeness (QED) is 0.246. The molecule has 0 radical (unpaired) electrons. The Kier molecular flexibility index (Phi) is 8.24. The van der Waals surface area contributed by atoms with Crippen molar-refractivity contribution in [2.24, 2.45) is 0 Å². The molecule has 0 N–H and O–H groups in total. The van der Waals surface area contributed by atoms with Crippen LogP contribution in [-0.4, -0.2) is 16.2 Å². The molecular weight excluding hydrogens is 404 g/mol. The summed E-state index contributed by atoms with van der Waals surface area (Å²) >= 11 is 2.14. The van der Waals surface area contributed by atoms with Crippen molar-refractivity contribution in [1.29, 1.82) is 0 Å². The van der Waals surface area contributed by atoms with Gasteiger partial charge in [-0.1, -0.05) is 25.3 Å². The van der Waals surface area contributed by atoms with Gasteiger partial charge >= 0.3 is 5.97 Å². The van der Waals surface area contributed by atoms with E-state index in [1.165, 1.54) is 12.2 Å². The third-order valence-electron chi connectivity index (χ3n) is 3.96. The van der Waals surface area contributed by atoms with Crippen LogP contribution in [0.3, 0.4) is 0 Å². The van der Waals surface area contributed by atoms with E-state index in [9.17, 15) is 14.4 Å². The standard InChI is InChI=1S/C23H20O4S2/c1-5-21(24)28-19-11-7-17(8-12-19)15(3)16(4)23(26)27-18-9-13-20(14-10-18)29-22(25)6-2/h5-14H,1-2H2,3-4H3. The van der Waals surface area contributed by atoms with E-state index in [1.54, 1.807) is 31.2 Å². The smallest absolute Gasteiger partial charge is 0.339 e. The number of hydrogen-bond acceptors (Lipinski definition) is 6. The molecule has 4 nitrogen and oxygen atoms in total. The molecule has 0 unspecified atom stereocenters. The third kappa shape index (κ3) is 6.62. The van der Waals surface area contributed by atoms with Gasteiger partial charge in [-0.2, -0.15) is 0 Å². The maximum absolute atomic E-state index is 12.5. The Morgan fingerprint density at radius 1 is 0.793 bits per heavy atom. The summed E-state index contributed by atoms with van der Waals surface area (Å²) in [6, 6.07) is 14.1. The number of carbonyl (C=O) groups excluding carboxylic acids is 3. The molecule has 0 spiro atoms. The minimum Gasteiger partial charge on any atom is -0.423 e. The zero-order valence-electron chi connectivity index (χ0n) is 16.1. The molecule has 6 heteroatoms. The number of rotatable bonds is 7. The van der Waals surface area contributed by atoms with Gasteiger partial charge in [0.2, 0.25) is 10.2 Å². The fourth-order valence-electron chi connectivity index (χ4n) is 2.22. The lowest BCUT2D eigenvalue weighted by atomic mass is 10.0. The number of ether oxygens (including phenoxy) is 1. The molecule has 0 bridgehead atoms. The lowest BCUT2D eigenvalue weighted by Gasteiger charge is -2.09. The van der Waals surface area contributed by atoms with Crippen molar-refractivity contribution in [3.8, 4) is 5.75 Å². The Morgan fingerprint density at radius 3 is 1.69 bits per heavy atom. The van der Waals surface area contributed by atoms with Crippen LogP contribution in [0.2, 0.25) is 0 Å². The monoisotopic (exact) mass is 424 g/mol. The Balaban J connectivity index is 2.08. The van der Waals surface area contributed by atoms with Gasteiger partial charge in [0, 0.05) is 15.4 Å². The number of allylic oxidation sites excluding steroid dienone is 1. The lowest BCUT2D eigenvalue weighted by Crippen LogP contribution is -2.10. The molecule has 0 aliphatic rings. The number of carbonyl (C=O) groups is 3. The number of esters is 1. The van der Waals surface area contributed by atoms with E-state index < -0.39 is 5.97 Å². The largest absolute Gasteiger partial charge is 0.423 e. The van der Waals surface area contributed by atoms with Crippen molar-refractivity contribution in [2.45, 2.75) is 23.6 Å². The highest BCUT2D eigenvalue weighted by Gasteiger charge is 2.13. The van der Waals surface area contributed by atoms with Crippen molar-refractivity contribution >= 4 is 45.3 Å². The molecule has 0 heterocycles. The van der Waals surface area contributed by atoms with Crippen LogP contribution >= 0.6 is 23.5 Å². The molecule has 148 valence electrons. The van der Waals surface area contributed by atoms with E-state index in [0.717, 1.165) is 44.5 Å². The predicted molar refractivity (Wildman–Crippen MR) is 119 cm³/mol. The number of hydrogen-bond donors (Lipinski definition) is 0. The number of thioether (sulfide) groups is 2. The first-order valence-corrected chi connectivity index (χ1v) is 10.3. The van der Waals surface area contributed by atoms with E-state index in [1.807, 2.05) is 31.2 Å². The summed E-state index contributed by atoms with van der Waals surface area (Å²) < 4.78 is 5.43. The lowest BCUT2D eigenvalue weighted by molar-refractivity contribution is -0.130. The molecule has 0 aliphatic heterocycles. The van der Waals surface area contributed by atoms with Crippen LogP contribution in [0.15, 0.2) is 89.2 Å². The van der Waals surface area contributed by atoms with Crippen molar-refractivity contribution in [3.05, 3.63) is 85.0 Å². The summed E-state index contributed by atoms with van der Waals surface area (Å²) in [5.41, 5.74) is 2.13. The van der Waals surface area contributed by atoms with Gasteiger partial charge in [0.1, 0.15) is 5.75 Å². The predicted octanol–water partition coefficient (Wildman–Crippen LogP) is 5.70. The maximum atomic E-state index is 12.5. The highest BCUT2D eigenvalue weighted by molar-refractivity contribution is 8.14. The summed E-state index contributed by atoms with van der Waals surface area (Å²) in [5.74, 6) is -0.0578. The molecule has 2 aromatic carbocycles. The molecule has 2 aromatic rings. The zero-order valence-corrected chi connectivity index (χ0v) is 17.8. The van der Waals surface area contributed by atoms with Gasteiger partial charge in [-0.25, -0.2) is 4.79 Å². The third-order valence-corrected chi connectivity index (χ3v) is 5.71. The van der Waals surface area contributed by atoms with Gasteiger partial charge in [0.15, 0.2) is 0 Å². The van der Waals surface area contributed by atoms with Crippen LogP contribution in [0.5, 0.6) is 5.75 Å². The summed E-state index contributed by atoms with van der Waals surface area (Å²) in [6.07, 6.45) is 2.52. The van der Waals surface area contributed by atoms with Gasteiger partial charge < -0.3 is 4.74 Å². The maximum Gasteiger partial charge on any atom is 0.339 e. The summed E-state index contributed by atoms with van der Waals surface area (Å²) in [6.45, 7) is 10.4. The minimum absolute atomic E-state index is 0.122. The first-order chi connectivity index (χ1) is 13.8. The molecule has 0 amide bonds. The Bertz CT molecular complexity index is 971. The molecular formula is C23H20O4S2. The van der Waals surface area contributed by atoms with Gasteiger partial charge in [-0.15, -0.1) is 0 Å². The van der Waals surface area contributed by atoms with Crippen LogP contribution in [0.4, 0.5) is 0 Å². The normalized spacial score (nSPS) is 11.2. The van der Waals surface area contributed by atoms with Crippen molar-refractivity contribution < 1.29 is 19.1 Å². The molecule has 29 heavy (non-hydrogen) atoms. The highest BCUT2D eigenvalue weighted by atomic mass is 32.2. The van der Waals surface area contributed by atoms with Gasteiger partial charge in [-0.3, -0.25) is 9.59 Å². The first-order valence-electron chi connectivity index (χ1n) is 8.62. The minimum atomic E-state index is -0.453. The van der Waals surface area contributed by atoms with Crippen LogP contribution in [0.1, 0.15) is 19.4 Å². The van der Waals surface area contributed by atoms with E-state index in [4.69, 9.17) is 4.74 Å². The fourth-order valence-corrected chi connectivity index (χ4v) is 3.39. The van der Waals surface area contributed by atoms with Gasteiger partial charge in [-0.05, 0) is 97.1 Å². The molecule has 0 saturated heterocycles. The molecule has 0 saturated carbocycles. The summed E-state index contributed by atoms with van der Waals surface area (Å²) in [4.78, 5) is 36.8. The first kappa shape index (κ1) is 22.5. The molecule has 0 aromatic heterocycles. The topological polar surface area (TPSA) is 60.4 Å². The second kappa shape index (κ2) is 10.6. The number of benzene rings is 2. The van der Waals surface area contributed by atoms with Crippen molar-refractivity contribution in [1.82, 2.24) is 0 Å². The Morgan fingerprint density at radius 2 is 1.24 bits per heavy atom. The average Bonchev–Trinajstić information content (AvgIpc) is 2.74. The van der Waals surface area contributed by atoms with E-state index in [2.05, 4.69) is 13.2 Å². The summed E-state index contributed by atoms with van der Waals surface area (Å²) in [7, 11) is 0. The van der Waals surface area contributed by atoms with Crippen LogP contribution in [-0.2, 0) is 14.4 Å². The van der Waals surface area contributed by atoms with Crippen LogP contribution in [0, 0.1) is 0 Å². The zero-order chi connectivity index (χ0) is 21.4. The Labute approximate surface area is 178 Å².